The molecule has 0 bridgehead atoms. The Hall–Kier alpha value is -3.70. The van der Waals surface area contributed by atoms with Crippen molar-refractivity contribution >= 4 is 123 Å². The van der Waals surface area contributed by atoms with E-state index in [4.69, 9.17) is 0 Å². The van der Waals surface area contributed by atoms with E-state index < -0.39 is 8.80 Å². The minimum absolute atomic E-state index is 0.861. The molecule has 0 atom stereocenters. The van der Waals surface area contributed by atoms with Crippen LogP contribution in [0.2, 0.25) is 0 Å². The second-order valence-corrected chi connectivity index (χ2v) is 18.1. The predicted octanol–water partition coefficient (Wildman–Crippen LogP) is 8.28. The average Bonchev–Trinajstić information content (AvgIpc) is 3.49. The van der Waals surface area contributed by atoms with Crippen molar-refractivity contribution in [2.75, 3.05) is 0 Å². The van der Waals surface area contributed by atoms with Crippen molar-refractivity contribution in [1.29, 1.82) is 0 Å². The Morgan fingerprint density at radius 3 is 1.98 bits per heavy atom. The molecule has 0 amide bonds. The van der Waals surface area contributed by atoms with Crippen molar-refractivity contribution in [3.05, 3.63) is 163 Å². The van der Waals surface area contributed by atoms with Gasteiger partial charge >= 0.3 is 45.7 Å². The summed E-state index contributed by atoms with van der Waals surface area (Å²) in [6.07, 6.45) is 5.18. The van der Waals surface area contributed by atoms with Gasteiger partial charge in [-0.1, -0.05) is 107 Å². The van der Waals surface area contributed by atoms with Crippen LogP contribution < -0.4 is 21.1 Å². The van der Waals surface area contributed by atoms with E-state index in [0.717, 1.165) is 6.42 Å². The Kier molecular flexibility index (Phi) is 7.56. The highest BCUT2D eigenvalue weighted by molar-refractivity contribution is 14.1. The number of fused-ring (bicyclic) bond motifs is 3. The Morgan fingerprint density at radius 2 is 1.21 bits per heavy atom. The standard InChI is InChI=1S/C41H28I2N2SSi/c42-44-22-10-9-19-35(44)32-17-8-7-12-27(32)24-28-20-21-36-40-38(28)41-33(18-11-23-45(41)43)34-25-31(26-37(46-36)39(34)40)47(29-13-3-1-4-14-29)30-15-5-2-6-16-30/h1-23,25-26,47H,24H2/q+2. The molecule has 0 unspecified atom stereocenters. The highest BCUT2D eigenvalue weighted by Crippen LogP contribution is 2.45. The summed E-state index contributed by atoms with van der Waals surface area (Å²) in [5.41, 5.74) is 6.50. The fourth-order valence-corrected chi connectivity index (χ4v) is 13.1. The smallest absolute Gasteiger partial charge is 0.136 e. The highest BCUT2D eigenvalue weighted by Gasteiger charge is 2.27. The van der Waals surface area contributed by atoms with Gasteiger partial charge in [0.25, 0.3) is 0 Å². The van der Waals surface area contributed by atoms with Crippen LogP contribution in [0.5, 0.6) is 0 Å². The van der Waals surface area contributed by atoms with Gasteiger partial charge in [-0.05, 0) is 53.3 Å². The molecule has 3 heterocycles. The molecule has 3 aromatic heterocycles. The van der Waals surface area contributed by atoms with Crippen molar-refractivity contribution in [1.82, 2.24) is 0 Å². The quantitative estimate of drug-likeness (QED) is 0.0689. The first kappa shape index (κ1) is 29.4. The number of rotatable bonds is 6. The summed E-state index contributed by atoms with van der Waals surface area (Å²) >= 11 is 6.83. The molecule has 0 aliphatic carbocycles. The maximum Gasteiger partial charge on any atom is 0.354 e. The van der Waals surface area contributed by atoms with Crippen molar-refractivity contribution in [3.63, 3.8) is 0 Å². The molecule has 0 spiro atoms. The van der Waals surface area contributed by atoms with E-state index in [9.17, 15) is 0 Å². The molecule has 0 aliphatic rings. The summed E-state index contributed by atoms with van der Waals surface area (Å²) in [5.74, 6) is 0. The van der Waals surface area contributed by atoms with Gasteiger partial charge in [0, 0.05) is 38.4 Å². The van der Waals surface area contributed by atoms with Crippen LogP contribution in [0.1, 0.15) is 11.1 Å². The normalized spacial score (nSPS) is 11.9. The van der Waals surface area contributed by atoms with Crippen molar-refractivity contribution < 1.29 is 5.56 Å². The molecule has 0 radical (unpaired) electrons. The number of benzene rings is 6. The lowest BCUT2D eigenvalue weighted by molar-refractivity contribution is -0.427. The number of nitrogens with zero attached hydrogens (tertiary/aromatic N) is 2. The zero-order chi connectivity index (χ0) is 31.5. The molecule has 47 heavy (non-hydrogen) atoms. The van der Waals surface area contributed by atoms with Crippen LogP contribution in [0.4, 0.5) is 0 Å². The van der Waals surface area contributed by atoms with E-state index in [1.165, 1.54) is 79.8 Å². The van der Waals surface area contributed by atoms with E-state index in [-0.39, 0.29) is 0 Å². The first-order chi connectivity index (χ1) is 23.2. The van der Waals surface area contributed by atoms with Gasteiger partial charge < -0.3 is 0 Å². The molecule has 0 saturated heterocycles. The largest absolute Gasteiger partial charge is 0.354 e. The number of thiophene rings is 1. The second kappa shape index (κ2) is 12.1. The molecular formula is C41H28I2N2SSi+2. The van der Waals surface area contributed by atoms with E-state index >= 15 is 0 Å². The average molecular weight is 863 g/mol. The fraction of sp³-hybridized carbons (Fsp3) is 0.0244. The molecule has 9 rings (SSSR count). The Morgan fingerprint density at radius 1 is 0.511 bits per heavy atom. The number of halogens is 2. The molecule has 0 aliphatic heterocycles. The summed E-state index contributed by atoms with van der Waals surface area (Å²) in [7, 11) is -1.71. The summed E-state index contributed by atoms with van der Waals surface area (Å²) in [6, 6.07) is 52.0. The molecule has 0 N–H and O–H groups in total. The summed E-state index contributed by atoms with van der Waals surface area (Å²) < 4.78 is 7.26. The first-order valence-electron chi connectivity index (χ1n) is 15.7. The van der Waals surface area contributed by atoms with E-state index in [0.29, 0.717) is 0 Å². The predicted molar refractivity (Wildman–Crippen MR) is 218 cm³/mol. The Labute approximate surface area is 306 Å². The third-order valence-corrected chi connectivity index (χ3v) is 15.3. The summed E-state index contributed by atoms with van der Waals surface area (Å²) in [6.45, 7) is 0. The van der Waals surface area contributed by atoms with Crippen LogP contribution in [0.3, 0.4) is 0 Å². The maximum absolute atomic E-state index is 2.54. The Bertz CT molecular complexity index is 2540. The molecule has 6 aromatic carbocycles. The molecule has 0 fully saturated rings. The molecule has 0 saturated carbocycles. The van der Waals surface area contributed by atoms with Gasteiger partial charge in [0.2, 0.25) is 11.2 Å². The van der Waals surface area contributed by atoms with Crippen molar-refractivity contribution in [3.8, 4) is 11.3 Å². The van der Waals surface area contributed by atoms with Crippen molar-refractivity contribution in [2.24, 2.45) is 0 Å². The fourth-order valence-electron chi connectivity index (χ4n) is 7.42. The Balaban J connectivity index is 1.31. The molecule has 6 heteroatoms. The van der Waals surface area contributed by atoms with E-state index in [1.807, 2.05) is 11.3 Å². The van der Waals surface area contributed by atoms with Gasteiger partial charge in [0.15, 0.2) is 12.4 Å². The lowest BCUT2D eigenvalue weighted by Gasteiger charge is -2.19. The summed E-state index contributed by atoms with van der Waals surface area (Å²) in [5, 5.41) is 11.3. The highest BCUT2D eigenvalue weighted by atomic mass is 127. The first-order valence-corrected chi connectivity index (χ1v) is 20.2. The topological polar surface area (TPSA) is 7.76 Å². The number of hydrogen-bond donors (Lipinski definition) is 0. The van der Waals surface area contributed by atoms with Crippen LogP contribution in [0.15, 0.2) is 152 Å². The minimum atomic E-state index is -1.71. The number of aromatic nitrogens is 2. The lowest BCUT2D eigenvalue weighted by Crippen LogP contribution is -2.51. The van der Waals surface area contributed by atoms with Crippen LogP contribution in [-0.4, -0.2) is 8.80 Å². The van der Waals surface area contributed by atoms with E-state index in [2.05, 4.69) is 203 Å². The van der Waals surface area contributed by atoms with Gasteiger partial charge in [-0.15, -0.1) is 16.9 Å². The van der Waals surface area contributed by atoms with Crippen LogP contribution >= 0.6 is 57.1 Å². The second-order valence-electron chi connectivity index (χ2n) is 12.1. The SMILES string of the molecule is I[n+]1ccccc1-c1ccccc1Cc1ccc2sc3cc([SiH](c4ccccc4)c4ccccc4)cc4c5ccc[n+](I)c5c1c2c34. The van der Waals surface area contributed by atoms with Crippen molar-refractivity contribution in [2.45, 2.75) is 6.42 Å². The summed E-state index contributed by atoms with van der Waals surface area (Å²) in [4.78, 5) is 0. The maximum atomic E-state index is 2.54. The van der Waals surface area contributed by atoms with Crippen LogP contribution in [0, 0.1) is 0 Å². The number of hydrogen-bond acceptors (Lipinski definition) is 1. The molecule has 224 valence electrons. The minimum Gasteiger partial charge on any atom is -0.136 e. The van der Waals surface area contributed by atoms with Gasteiger partial charge in [0.1, 0.15) is 8.80 Å². The third-order valence-electron chi connectivity index (χ3n) is 9.41. The zero-order valence-corrected chi connectivity index (χ0v) is 31.6. The van der Waals surface area contributed by atoms with Gasteiger partial charge in [0.05, 0.1) is 16.3 Å². The van der Waals surface area contributed by atoms with E-state index in [1.54, 1.807) is 0 Å². The lowest BCUT2D eigenvalue weighted by atomic mass is 9.90. The molecule has 2 nitrogen and oxygen atoms in total. The van der Waals surface area contributed by atoms with Crippen LogP contribution in [0.25, 0.3) is 53.1 Å². The van der Waals surface area contributed by atoms with Gasteiger partial charge in [-0.3, -0.25) is 0 Å². The monoisotopic (exact) mass is 862 g/mol. The van der Waals surface area contributed by atoms with Gasteiger partial charge in [-0.2, -0.15) is 0 Å². The molecule has 9 aromatic rings. The van der Waals surface area contributed by atoms with Gasteiger partial charge in [-0.25, -0.2) is 0 Å². The third kappa shape index (κ3) is 4.99. The molecular weight excluding hydrogens is 834 g/mol. The van der Waals surface area contributed by atoms with Crippen LogP contribution in [-0.2, 0) is 6.42 Å². The zero-order valence-electron chi connectivity index (χ0n) is 25.3. The number of pyridine rings is 2.